The largest absolute Gasteiger partial charge is 0.480 e. The molecule has 2 aromatic rings. The summed E-state index contributed by atoms with van der Waals surface area (Å²) in [7, 11) is 0. The molecule has 0 bridgehead atoms. The van der Waals surface area contributed by atoms with Crippen molar-refractivity contribution in [1.82, 2.24) is 9.88 Å². The highest BCUT2D eigenvalue weighted by atomic mass is 35.5. The number of carboxylic acid groups (broad SMARTS) is 1. The number of hydrogen-bond donors (Lipinski definition) is 2. The van der Waals surface area contributed by atoms with E-state index in [0.717, 1.165) is 42.1 Å². The van der Waals surface area contributed by atoms with Crippen LogP contribution in [0, 0.1) is 5.92 Å². The molecule has 0 spiro atoms. The zero-order valence-corrected chi connectivity index (χ0v) is 14.6. The fourth-order valence-electron chi connectivity index (χ4n) is 4.59. The van der Waals surface area contributed by atoms with E-state index in [0.29, 0.717) is 17.4 Å². The summed E-state index contributed by atoms with van der Waals surface area (Å²) in [6, 6.07) is 4.93. The van der Waals surface area contributed by atoms with E-state index in [1.807, 2.05) is 18.3 Å². The Morgan fingerprint density at radius 1 is 1.28 bits per heavy atom. The third-order valence-electron chi connectivity index (χ3n) is 5.73. The summed E-state index contributed by atoms with van der Waals surface area (Å²) in [5, 5.41) is 11.1. The zero-order valence-electron chi connectivity index (χ0n) is 13.9. The Kier molecular flexibility index (Phi) is 4.20. The fraction of sp³-hybridized carbons (Fsp3) is 0.474. The molecule has 1 aliphatic heterocycles. The monoisotopic (exact) mass is 360 g/mol. The quantitative estimate of drug-likeness (QED) is 0.878. The normalized spacial score (nSPS) is 26.0. The third-order valence-corrected chi connectivity index (χ3v) is 5.97. The Balaban J connectivity index is 1.61. The first-order valence-corrected chi connectivity index (χ1v) is 9.22. The van der Waals surface area contributed by atoms with Gasteiger partial charge in [0, 0.05) is 28.2 Å². The molecule has 3 unspecified atom stereocenters. The average Bonchev–Trinajstić information content (AvgIpc) is 3.16. The Bertz CT molecular complexity index is 831. The van der Waals surface area contributed by atoms with Crippen LogP contribution in [0.5, 0.6) is 0 Å². The number of aromatic amines is 1. The second kappa shape index (κ2) is 6.37. The van der Waals surface area contributed by atoms with Crippen LogP contribution in [-0.2, 0) is 16.0 Å². The summed E-state index contributed by atoms with van der Waals surface area (Å²) in [6.45, 7) is 0. The number of nitrogens with one attached hydrogen (secondary N) is 1. The second-order valence-corrected chi connectivity index (χ2v) is 7.62. The van der Waals surface area contributed by atoms with Gasteiger partial charge in [0.05, 0.1) is 6.42 Å². The van der Waals surface area contributed by atoms with Crippen molar-refractivity contribution in [3.05, 3.63) is 35.0 Å². The number of hydrogen-bond acceptors (Lipinski definition) is 2. The number of benzene rings is 1. The predicted octanol–water partition coefficient (Wildman–Crippen LogP) is 3.61. The number of carboxylic acids is 1. The van der Waals surface area contributed by atoms with Crippen LogP contribution in [0.15, 0.2) is 24.4 Å². The Hall–Kier alpha value is -2.01. The first-order valence-electron chi connectivity index (χ1n) is 8.84. The lowest BCUT2D eigenvalue weighted by atomic mass is 9.84. The standard InChI is InChI=1S/C19H21ClN2O3/c20-13-5-6-15-14(9-13)12(10-21-15)8-18(23)22-16-4-2-1-3-11(16)7-17(22)19(24)25/h5-6,9-11,16-17,21H,1-4,7-8H2,(H,24,25). The maximum atomic E-state index is 13.0. The number of carbonyl (C=O) groups is 2. The molecule has 25 heavy (non-hydrogen) atoms. The molecular weight excluding hydrogens is 340 g/mol. The van der Waals surface area contributed by atoms with Crippen molar-refractivity contribution in [3.8, 4) is 0 Å². The highest BCUT2D eigenvalue weighted by Gasteiger charge is 2.47. The van der Waals surface area contributed by atoms with Gasteiger partial charge < -0.3 is 15.0 Å². The van der Waals surface area contributed by atoms with E-state index >= 15 is 0 Å². The van der Waals surface area contributed by atoms with E-state index in [1.165, 1.54) is 0 Å². The van der Waals surface area contributed by atoms with Gasteiger partial charge >= 0.3 is 5.97 Å². The first-order chi connectivity index (χ1) is 12.0. The van der Waals surface area contributed by atoms with Crippen molar-refractivity contribution >= 4 is 34.4 Å². The van der Waals surface area contributed by atoms with Crippen LogP contribution >= 0.6 is 11.6 Å². The maximum Gasteiger partial charge on any atom is 0.326 e. The second-order valence-electron chi connectivity index (χ2n) is 7.18. The molecule has 6 heteroatoms. The SMILES string of the molecule is O=C(O)C1CC2CCCCC2N1C(=O)Cc1c[nH]c2ccc(Cl)cc12. The van der Waals surface area contributed by atoms with E-state index < -0.39 is 12.0 Å². The smallest absolute Gasteiger partial charge is 0.326 e. The zero-order chi connectivity index (χ0) is 17.6. The van der Waals surface area contributed by atoms with Gasteiger partial charge in [0.1, 0.15) is 6.04 Å². The molecule has 0 radical (unpaired) electrons. The number of aromatic nitrogens is 1. The Labute approximate surface area is 151 Å². The molecule has 2 heterocycles. The van der Waals surface area contributed by atoms with Gasteiger partial charge in [0.15, 0.2) is 0 Å². The topological polar surface area (TPSA) is 73.4 Å². The summed E-state index contributed by atoms with van der Waals surface area (Å²) in [5.41, 5.74) is 1.80. The summed E-state index contributed by atoms with van der Waals surface area (Å²) >= 11 is 6.08. The van der Waals surface area contributed by atoms with Gasteiger partial charge in [-0.25, -0.2) is 4.79 Å². The molecule has 2 N–H and O–H groups in total. The number of H-pyrrole nitrogens is 1. The van der Waals surface area contributed by atoms with Gasteiger partial charge in [-0.2, -0.15) is 0 Å². The molecule has 1 aromatic carbocycles. The van der Waals surface area contributed by atoms with Crippen molar-refractivity contribution in [3.63, 3.8) is 0 Å². The van der Waals surface area contributed by atoms with E-state index in [9.17, 15) is 14.7 Å². The van der Waals surface area contributed by atoms with Gasteiger partial charge in [0.2, 0.25) is 5.91 Å². The van der Waals surface area contributed by atoms with Crippen LogP contribution in [0.2, 0.25) is 5.02 Å². The summed E-state index contributed by atoms with van der Waals surface area (Å²) < 4.78 is 0. The first kappa shape index (κ1) is 16.5. The van der Waals surface area contributed by atoms with E-state index in [2.05, 4.69) is 4.98 Å². The van der Waals surface area contributed by atoms with Crippen LogP contribution in [-0.4, -0.2) is 39.0 Å². The van der Waals surface area contributed by atoms with Crippen LogP contribution in [0.4, 0.5) is 0 Å². The van der Waals surface area contributed by atoms with Crippen molar-refractivity contribution in [2.24, 2.45) is 5.92 Å². The average molecular weight is 361 g/mol. The lowest BCUT2D eigenvalue weighted by Crippen LogP contribution is -2.46. The molecule has 1 saturated carbocycles. The van der Waals surface area contributed by atoms with Gasteiger partial charge in [-0.1, -0.05) is 24.4 Å². The number of rotatable bonds is 3. The Morgan fingerprint density at radius 3 is 2.88 bits per heavy atom. The summed E-state index contributed by atoms with van der Waals surface area (Å²) in [5.74, 6) is -0.649. The van der Waals surface area contributed by atoms with Crippen LogP contribution < -0.4 is 0 Å². The van der Waals surface area contributed by atoms with Crippen molar-refractivity contribution in [1.29, 1.82) is 0 Å². The molecule has 1 aliphatic carbocycles. The molecule has 1 aromatic heterocycles. The molecule has 1 saturated heterocycles. The van der Waals surface area contributed by atoms with Crippen molar-refractivity contribution in [2.75, 3.05) is 0 Å². The number of carbonyl (C=O) groups excluding carboxylic acids is 1. The molecule has 2 aliphatic rings. The molecular formula is C19H21ClN2O3. The number of amides is 1. The minimum Gasteiger partial charge on any atom is -0.480 e. The van der Waals surface area contributed by atoms with Gasteiger partial charge in [-0.15, -0.1) is 0 Å². The van der Waals surface area contributed by atoms with Gasteiger partial charge in [0.25, 0.3) is 0 Å². The lowest BCUT2D eigenvalue weighted by molar-refractivity contribution is -0.149. The highest BCUT2D eigenvalue weighted by molar-refractivity contribution is 6.31. The molecule has 2 fully saturated rings. The van der Waals surface area contributed by atoms with E-state index in [4.69, 9.17) is 11.6 Å². The minimum atomic E-state index is -0.885. The van der Waals surface area contributed by atoms with Gasteiger partial charge in [-0.05, 0) is 48.9 Å². The number of fused-ring (bicyclic) bond motifs is 2. The molecule has 4 rings (SSSR count). The molecule has 5 nitrogen and oxygen atoms in total. The van der Waals surface area contributed by atoms with Gasteiger partial charge in [-0.3, -0.25) is 4.79 Å². The van der Waals surface area contributed by atoms with Crippen molar-refractivity contribution < 1.29 is 14.7 Å². The lowest BCUT2D eigenvalue weighted by Gasteiger charge is -2.33. The number of aliphatic carboxylic acids is 1. The van der Waals surface area contributed by atoms with E-state index in [1.54, 1.807) is 11.0 Å². The highest BCUT2D eigenvalue weighted by Crippen LogP contribution is 2.40. The Morgan fingerprint density at radius 2 is 2.08 bits per heavy atom. The van der Waals surface area contributed by atoms with Crippen LogP contribution in [0.1, 0.15) is 37.7 Å². The molecule has 1 amide bonds. The minimum absolute atomic E-state index is 0.0798. The number of halogens is 1. The van der Waals surface area contributed by atoms with Crippen LogP contribution in [0.3, 0.4) is 0 Å². The van der Waals surface area contributed by atoms with Crippen molar-refractivity contribution in [2.45, 2.75) is 50.6 Å². The third kappa shape index (κ3) is 2.91. The fourth-order valence-corrected chi connectivity index (χ4v) is 4.76. The predicted molar refractivity (Wildman–Crippen MR) is 95.6 cm³/mol. The number of likely N-dealkylation sites (tertiary alicyclic amines) is 1. The maximum absolute atomic E-state index is 13.0. The van der Waals surface area contributed by atoms with E-state index in [-0.39, 0.29) is 18.4 Å². The molecule has 3 atom stereocenters. The van der Waals surface area contributed by atoms with Crippen LogP contribution in [0.25, 0.3) is 10.9 Å². The molecule has 132 valence electrons. The summed E-state index contributed by atoms with van der Waals surface area (Å²) in [6.07, 6.45) is 6.76. The summed E-state index contributed by atoms with van der Waals surface area (Å²) in [4.78, 5) is 29.5. The number of nitrogens with zero attached hydrogens (tertiary/aromatic N) is 1.